The number of fused-ring (bicyclic) bond motifs is 1. The third-order valence-electron chi connectivity index (χ3n) is 4.50. The highest BCUT2D eigenvalue weighted by Gasteiger charge is 2.32. The summed E-state index contributed by atoms with van der Waals surface area (Å²) < 4.78 is 6.19. The van der Waals surface area contributed by atoms with E-state index < -0.39 is 0 Å². The molecule has 20 heavy (non-hydrogen) atoms. The molecule has 1 aromatic carbocycles. The molecule has 2 aliphatic rings. The molecule has 110 valence electrons. The van der Waals surface area contributed by atoms with Crippen LogP contribution >= 0.6 is 0 Å². The second kappa shape index (κ2) is 5.38. The summed E-state index contributed by atoms with van der Waals surface area (Å²) in [6, 6.07) is 7.29. The predicted octanol–water partition coefficient (Wildman–Crippen LogP) is 2.58. The van der Waals surface area contributed by atoms with Gasteiger partial charge in [0.05, 0.1) is 0 Å². The van der Waals surface area contributed by atoms with Crippen molar-refractivity contribution in [3.8, 4) is 5.75 Å². The van der Waals surface area contributed by atoms with Gasteiger partial charge in [0.25, 0.3) is 0 Å². The zero-order chi connectivity index (χ0) is 14.2. The maximum absolute atomic E-state index is 6.19. The Labute approximate surface area is 122 Å². The van der Waals surface area contributed by atoms with Crippen LogP contribution in [0.4, 0.5) is 0 Å². The number of likely N-dealkylation sites (N-methyl/N-ethyl adjacent to an activating group) is 1. The molecule has 3 heteroatoms. The average molecular weight is 274 g/mol. The Balaban J connectivity index is 1.79. The van der Waals surface area contributed by atoms with E-state index in [1.807, 2.05) is 0 Å². The Hall–Kier alpha value is -1.06. The standard InChI is InChI=1S/C17H26N2O/c1-4-19(15-8-9-18-11-15)12-14-7-5-6-13-10-17(2,3)20-16(13)14/h5-7,15,18H,4,8-12H2,1-3H3. The van der Waals surface area contributed by atoms with Crippen LogP contribution in [0.15, 0.2) is 18.2 Å². The minimum atomic E-state index is -0.0512. The third-order valence-corrected chi connectivity index (χ3v) is 4.50. The fraction of sp³-hybridized carbons (Fsp3) is 0.647. The van der Waals surface area contributed by atoms with E-state index in [0.717, 1.165) is 38.3 Å². The second-order valence-electron chi connectivity index (χ2n) is 6.65. The fourth-order valence-electron chi connectivity index (χ4n) is 3.47. The van der Waals surface area contributed by atoms with Gasteiger partial charge in [-0.3, -0.25) is 4.90 Å². The van der Waals surface area contributed by atoms with Crippen LogP contribution in [-0.4, -0.2) is 36.2 Å². The van der Waals surface area contributed by atoms with E-state index in [1.165, 1.54) is 17.5 Å². The quantitative estimate of drug-likeness (QED) is 0.913. The van der Waals surface area contributed by atoms with Crippen molar-refractivity contribution in [2.24, 2.45) is 0 Å². The van der Waals surface area contributed by atoms with E-state index in [1.54, 1.807) is 0 Å². The molecule has 1 saturated heterocycles. The summed E-state index contributed by atoms with van der Waals surface area (Å²) in [5.41, 5.74) is 2.67. The van der Waals surface area contributed by atoms with Crippen molar-refractivity contribution in [3.05, 3.63) is 29.3 Å². The van der Waals surface area contributed by atoms with Gasteiger partial charge in [0.15, 0.2) is 0 Å². The summed E-state index contributed by atoms with van der Waals surface area (Å²) in [5, 5.41) is 3.47. The van der Waals surface area contributed by atoms with E-state index in [9.17, 15) is 0 Å². The lowest BCUT2D eigenvalue weighted by Gasteiger charge is -2.28. The highest BCUT2D eigenvalue weighted by atomic mass is 16.5. The normalized spacial score (nSPS) is 23.9. The number of hydrogen-bond acceptors (Lipinski definition) is 3. The molecule has 3 nitrogen and oxygen atoms in total. The summed E-state index contributed by atoms with van der Waals surface area (Å²) in [6.07, 6.45) is 2.28. The first-order valence-electron chi connectivity index (χ1n) is 7.83. The number of para-hydroxylation sites is 1. The molecule has 0 spiro atoms. The van der Waals surface area contributed by atoms with E-state index >= 15 is 0 Å². The summed E-state index contributed by atoms with van der Waals surface area (Å²) in [7, 11) is 0. The molecule has 0 bridgehead atoms. The minimum Gasteiger partial charge on any atom is -0.487 e. The molecule has 0 aliphatic carbocycles. The highest BCUT2D eigenvalue weighted by Crippen LogP contribution is 2.38. The summed E-state index contributed by atoms with van der Waals surface area (Å²) in [4.78, 5) is 2.57. The van der Waals surface area contributed by atoms with Gasteiger partial charge in [-0.1, -0.05) is 25.1 Å². The van der Waals surface area contributed by atoms with Gasteiger partial charge in [-0.2, -0.15) is 0 Å². The molecule has 3 rings (SSSR count). The van der Waals surface area contributed by atoms with Crippen LogP contribution in [0.25, 0.3) is 0 Å². The Kier molecular flexibility index (Phi) is 3.74. The van der Waals surface area contributed by atoms with E-state index in [0.29, 0.717) is 6.04 Å². The molecular weight excluding hydrogens is 248 g/mol. The number of ether oxygens (including phenoxy) is 1. The third kappa shape index (κ3) is 2.70. The predicted molar refractivity (Wildman–Crippen MR) is 82.2 cm³/mol. The summed E-state index contributed by atoms with van der Waals surface area (Å²) in [6.45, 7) is 11.0. The summed E-state index contributed by atoms with van der Waals surface area (Å²) >= 11 is 0. The molecule has 0 amide bonds. The lowest BCUT2D eigenvalue weighted by Crippen LogP contribution is -2.36. The maximum atomic E-state index is 6.19. The molecule has 0 aromatic heterocycles. The second-order valence-corrected chi connectivity index (χ2v) is 6.65. The number of hydrogen-bond donors (Lipinski definition) is 1. The van der Waals surface area contributed by atoms with Crippen LogP contribution in [0, 0.1) is 0 Å². The van der Waals surface area contributed by atoms with E-state index in [4.69, 9.17) is 4.74 Å². The molecule has 1 N–H and O–H groups in total. The molecule has 2 aliphatic heterocycles. The van der Waals surface area contributed by atoms with Crippen LogP contribution < -0.4 is 10.1 Å². The number of nitrogens with zero attached hydrogens (tertiary/aromatic N) is 1. The van der Waals surface area contributed by atoms with Crippen molar-refractivity contribution in [1.29, 1.82) is 0 Å². The van der Waals surface area contributed by atoms with Crippen molar-refractivity contribution in [3.63, 3.8) is 0 Å². The largest absolute Gasteiger partial charge is 0.487 e. The monoisotopic (exact) mass is 274 g/mol. The number of rotatable bonds is 4. The SMILES string of the molecule is CCN(Cc1cccc2c1OC(C)(C)C2)C1CCNC1. The van der Waals surface area contributed by atoms with Crippen LogP contribution in [0.5, 0.6) is 5.75 Å². The highest BCUT2D eigenvalue weighted by molar-refractivity contribution is 5.45. The first-order valence-corrected chi connectivity index (χ1v) is 7.83. The van der Waals surface area contributed by atoms with E-state index in [-0.39, 0.29) is 5.60 Å². The van der Waals surface area contributed by atoms with Gasteiger partial charge in [-0.05, 0) is 38.9 Å². The zero-order valence-corrected chi connectivity index (χ0v) is 12.9. The molecular formula is C17H26N2O. The van der Waals surface area contributed by atoms with Crippen molar-refractivity contribution in [2.45, 2.75) is 51.8 Å². The van der Waals surface area contributed by atoms with Gasteiger partial charge in [-0.25, -0.2) is 0 Å². The molecule has 1 aromatic rings. The summed E-state index contributed by atoms with van der Waals surface area (Å²) in [5.74, 6) is 1.14. The van der Waals surface area contributed by atoms with Crippen molar-refractivity contribution < 1.29 is 4.74 Å². The van der Waals surface area contributed by atoms with Gasteiger partial charge < -0.3 is 10.1 Å². The van der Waals surface area contributed by atoms with Crippen LogP contribution in [-0.2, 0) is 13.0 Å². The topological polar surface area (TPSA) is 24.5 Å². The Morgan fingerprint density at radius 1 is 1.40 bits per heavy atom. The molecule has 1 fully saturated rings. The minimum absolute atomic E-state index is 0.0512. The molecule has 2 heterocycles. The average Bonchev–Trinajstić information content (AvgIpc) is 3.01. The smallest absolute Gasteiger partial charge is 0.127 e. The Morgan fingerprint density at radius 2 is 2.25 bits per heavy atom. The van der Waals surface area contributed by atoms with Gasteiger partial charge in [0.1, 0.15) is 11.4 Å². The number of benzene rings is 1. The Bertz CT molecular complexity index is 478. The first-order chi connectivity index (χ1) is 9.59. The number of nitrogens with one attached hydrogen (secondary N) is 1. The molecule has 1 unspecified atom stereocenters. The maximum Gasteiger partial charge on any atom is 0.127 e. The molecule has 1 atom stereocenters. The van der Waals surface area contributed by atoms with Gasteiger partial charge in [-0.15, -0.1) is 0 Å². The zero-order valence-electron chi connectivity index (χ0n) is 12.9. The Morgan fingerprint density at radius 3 is 2.95 bits per heavy atom. The lowest BCUT2D eigenvalue weighted by molar-refractivity contribution is 0.134. The van der Waals surface area contributed by atoms with Crippen LogP contribution in [0.3, 0.4) is 0 Å². The van der Waals surface area contributed by atoms with Gasteiger partial charge in [0, 0.05) is 31.1 Å². The lowest BCUT2D eigenvalue weighted by atomic mass is 10.0. The van der Waals surface area contributed by atoms with Crippen LogP contribution in [0.2, 0.25) is 0 Å². The van der Waals surface area contributed by atoms with E-state index in [2.05, 4.69) is 49.2 Å². The van der Waals surface area contributed by atoms with Crippen molar-refractivity contribution >= 4 is 0 Å². The van der Waals surface area contributed by atoms with Crippen molar-refractivity contribution in [1.82, 2.24) is 10.2 Å². The first kappa shape index (κ1) is 13.9. The molecule has 0 radical (unpaired) electrons. The fourth-order valence-corrected chi connectivity index (χ4v) is 3.47. The molecule has 0 saturated carbocycles. The van der Waals surface area contributed by atoms with Gasteiger partial charge in [0.2, 0.25) is 0 Å². The van der Waals surface area contributed by atoms with Crippen molar-refractivity contribution in [2.75, 3.05) is 19.6 Å². The van der Waals surface area contributed by atoms with Crippen LogP contribution in [0.1, 0.15) is 38.3 Å². The van der Waals surface area contributed by atoms with Gasteiger partial charge >= 0.3 is 0 Å².